The van der Waals surface area contributed by atoms with Crippen LogP contribution in [0.4, 0.5) is 10.2 Å². The van der Waals surface area contributed by atoms with E-state index in [9.17, 15) is 17.6 Å². The fourth-order valence-corrected chi connectivity index (χ4v) is 5.10. The highest BCUT2D eigenvalue weighted by atomic mass is 32.2. The molecular weight excluding hydrogens is 393 g/mol. The molecular formula is C21H20FN3O3S. The summed E-state index contributed by atoms with van der Waals surface area (Å²) >= 11 is 0. The molecule has 0 unspecified atom stereocenters. The van der Waals surface area contributed by atoms with E-state index in [0.29, 0.717) is 29.2 Å². The molecule has 150 valence electrons. The van der Waals surface area contributed by atoms with E-state index in [2.05, 4.69) is 10.4 Å². The van der Waals surface area contributed by atoms with Crippen molar-refractivity contribution in [2.24, 2.45) is 0 Å². The van der Waals surface area contributed by atoms with E-state index in [4.69, 9.17) is 0 Å². The normalized spacial score (nSPS) is 15.7. The molecule has 1 amide bonds. The lowest BCUT2D eigenvalue weighted by Gasteiger charge is -2.17. The summed E-state index contributed by atoms with van der Waals surface area (Å²) < 4.78 is 39.0. The van der Waals surface area contributed by atoms with E-state index in [1.807, 2.05) is 37.3 Å². The van der Waals surface area contributed by atoms with Crippen molar-refractivity contribution in [2.45, 2.75) is 30.8 Å². The molecule has 0 spiro atoms. The molecule has 1 aliphatic rings. The van der Waals surface area contributed by atoms with E-state index < -0.39 is 15.7 Å². The van der Waals surface area contributed by atoms with Crippen LogP contribution in [-0.2, 0) is 26.1 Å². The average Bonchev–Trinajstić information content (AvgIpc) is 3.16. The quantitative estimate of drug-likeness (QED) is 0.693. The SMILES string of the molecule is CC[C@@H](C(=O)Nc1c2c(nn1-c1ccc(F)cc1)CS(=O)(=O)C2)c1ccccc1. The van der Waals surface area contributed by atoms with Crippen LogP contribution in [0.2, 0.25) is 0 Å². The van der Waals surface area contributed by atoms with Gasteiger partial charge in [-0.2, -0.15) is 5.10 Å². The van der Waals surface area contributed by atoms with Gasteiger partial charge < -0.3 is 5.32 Å². The van der Waals surface area contributed by atoms with Crippen molar-refractivity contribution >= 4 is 21.6 Å². The Morgan fingerprint density at radius 3 is 2.48 bits per heavy atom. The van der Waals surface area contributed by atoms with Gasteiger partial charge in [0.05, 0.1) is 28.8 Å². The second-order valence-electron chi connectivity index (χ2n) is 7.06. The minimum atomic E-state index is -3.29. The number of hydrogen-bond donors (Lipinski definition) is 1. The van der Waals surface area contributed by atoms with Crippen molar-refractivity contribution in [3.8, 4) is 5.69 Å². The monoisotopic (exact) mass is 413 g/mol. The molecule has 2 heterocycles. The molecule has 1 aromatic heterocycles. The number of carbonyl (C=O) groups is 1. The Bertz CT molecular complexity index is 1160. The maximum absolute atomic E-state index is 13.3. The summed E-state index contributed by atoms with van der Waals surface area (Å²) in [5.41, 5.74) is 2.33. The lowest BCUT2D eigenvalue weighted by molar-refractivity contribution is -0.117. The Labute approximate surface area is 168 Å². The Hall–Kier alpha value is -3.00. The van der Waals surface area contributed by atoms with Crippen LogP contribution in [0.1, 0.15) is 36.1 Å². The van der Waals surface area contributed by atoms with Crippen molar-refractivity contribution in [1.82, 2.24) is 9.78 Å². The first kappa shape index (κ1) is 19.3. The molecule has 1 atom stereocenters. The van der Waals surface area contributed by atoms with Gasteiger partial charge in [-0.3, -0.25) is 4.79 Å². The Morgan fingerprint density at radius 1 is 1.14 bits per heavy atom. The van der Waals surface area contributed by atoms with Crippen LogP contribution < -0.4 is 5.32 Å². The molecule has 29 heavy (non-hydrogen) atoms. The fourth-order valence-electron chi connectivity index (χ4n) is 3.60. The standard InChI is InChI=1S/C21H20FN3O3S/c1-2-17(14-6-4-3-5-7-14)21(26)23-20-18-12-29(27,28)13-19(18)24-25(20)16-10-8-15(22)9-11-16/h3-11,17H,2,12-13H2,1H3,(H,23,26)/t17-/m1/s1. The molecule has 1 aliphatic heterocycles. The van der Waals surface area contributed by atoms with Gasteiger partial charge in [-0.25, -0.2) is 17.5 Å². The van der Waals surface area contributed by atoms with Crippen molar-refractivity contribution in [3.63, 3.8) is 0 Å². The summed E-state index contributed by atoms with van der Waals surface area (Å²) in [6.07, 6.45) is 0.584. The van der Waals surface area contributed by atoms with Gasteiger partial charge in [-0.05, 0) is 36.2 Å². The largest absolute Gasteiger partial charge is 0.310 e. The van der Waals surface area contributed by atoms with Crippen molar-refractivity contribution in [1.29, 1.82) is 0 Å². The van der Waals surface area contributed by atoms with E-state index in [1.54, 1.807) is 0 Å². The first-order chi connectivity index (χ1) is 13.9. The summed E-state index contributed by atoms with van der Waals surface area (Å²) in [5, 5.41) is 7.29. The number of rotatable bonds is 5. The van der Waals surface area contributed by atoms with Crippen molar-refractivity contribution in [3.05, 3.63) is 77.2 Å². The van der Waals surface area contributed by atoms with Crippen LogP contribution in [0.5, 0.6) is 0 Å². The van der Waals surface area contributed by atoms with Gasteiger partial charge >= 0.3 is 0 Å². The summed E-state index contributed by atoms with van der Waals surface area (Å²) in [5.74, 6) is -1.05. The number of halogens is 1. The molecule has 0 aliphatic carbocycles. The Kier molecular flexibility index (Phi) is 4.96. The molecule has 2 aromatic carbocycles. The molecule has 4 rings (SSSR count). The van der Waals surface area contributed by atoms with Crippen LogP contribution in [0.15, 0.2) is 54.6 Å². The number of aromatic nitrogens is 2. The van der Waals surface area contributed by atoms with E-state index in [0.717, 1.165) is 5.56 Å². The molecule has 3 aromatic rings. The fraction of sp³-hybridized carbons (Fsp3) is 0.238. The summed E-state index contributed by atoms with van der Waals surface area (Å²) in [4.78, 5) is 13.1. The topological polar surface area (TPSA) is 81.1 Å². The minimum Gasteiger partial charge on any atom is -0.310 e. The second-order valence-corrected chi connectivity index (χ2v) is 9.12. The molecule has 0 saturated carbocycles. The van der Waals surface area contributed by atoms with Crippen LogP contribution in [0.3, 0.4) is 0 Å². The molecule has 0 fully saturated rings. The Morgan fingerprint density at radius 2 is 1.83 bits per heavy atom. The number of amides is 1. The predicted molar refractivity (Wildman–Crippen MR) is 108 cm³/mol. The number of sulfone groups is 1. The number of carbonyl (C=O) groups excluding carboxylic acids is 1. The highest BCUT2D eigenvalue weighted by Gasteiger charge is 2.34. The van der Waals surface area contributed by atoms with Crippen LogP contribution in [0.25, 0.3) is 5.69 Å². The molecule has 0 radical (unpaired) electrons. The third-order valence-electron chi connectivity index (χ3n) is 5.03. The zero-order valence-electron chi connectivity index (χ0n) is 15.8. The summed E-state index contributed by atoms with van der Waals surface area (Å²) in [7, 11) is -3.29. The summed E-state index contributed by atoms with van der Waals surface area (Å²) in [6, 6.07) is 15.1. The number of hydrogen-bond acceptors (Lipinski definition) is 4. The zero-order chi connectivity index (χ0) is 20.6. The number of anilines is 1. The maximum atomic E-state index is 13.3. The van der Waals surface area contributed by atoms with Crippen LogP contribution in [-0.4, -0.2) is 24.1 Å². The summed E-state index contributed by atoms with van der Waals surface area (Å²) in [6.45, 7) is 1.92. The van der Waals surface area contributed by atoms with Gasteiger partial charge in [0.1, 0.15) is 11.6 Å². The number of nitrogens with one attached hydrogen (secondary N) is 1. The number of benzene rings is 2. The van der Waals surface area contributed by atoms with Gasteiger partial charge in [0, 0.05) is 5.56 Å². The lowest BCUT2D eigenvalue weighted by atomic mass is 9.95. The van der Waals surface area contributed by atoms with Crippen molar-refractivity contribution in [2.75, 3.05) is 5.32 Å². The van der Waals surface area contributed by atoms with Crippen LogP contribution >= 0.6 is 0 Å². The second kappa shape index (κ2) is 7.44. The van der Waals surface area contributed by atoms with Gasteiger partial charge in [0.15, 0.2) is 9.84 Å². The minimum absolute atomic E-state index is 0.171. The third kappa shape index (κ3) is 3.80. The highest BCUT2D eigenvalue weighted by Crippen LogP contribution is 2.34. The van der Waals surface area contributed by atoms with Crippen LogP contribution in [0, 0.1) is 5.82 Å². The van der Waals surface area contributed by atoms with E-state index in [-0.39, 0.29) is 23.3 Å². The highest BCUT2D eigenvalue weighted by molar-refractivity contribution is 7.90. The van der Waals surface area contributed by atoms with Gasteiger partial charge in [0.25, 0.3) is 0 Å². The van der Waals surface area contributed by atoms with E-state index >= 15 is 0 Å². The van der Waals surface area contributed by atoms with Crippen molar-refractivity contribution < 1.29 is 17.6 Å². The smallest absolute Gasteiger partial charge is 0.233 e. The maximum Gasteiger partial charge on any atom is 0.233 e. The molecule has 8 heteroatoms. The molecule has 6 nitrogen and oxygen atoms in total. The first-order valence-corrected chi connectivity index (χ1v) is 11.1. The molecule has 1 N–H and O–H groups in total. The average molecular weight is 413 g/mol. The van der Waals surface area contributed by atoms with Gasteiger partial charge in [-0.1, -0.05) is 37.3 Å². The van der Waals surface area contributed by atoms with Gasteiger partial charge in [-0.15, -0.1) is 0 Å². The van der Waals surface area contributed by atoms with Gasteiger partial charge in [0.2, 0.25) is 5.91 Å². The Balaban J connectivity index is 1.74. The molecule has 0 bridgehead atoms. The zero-order valence-corrected chi connectivity index (χ0v) is 16.6. The number of fused-ring (bicyclic) bond motifs is 1. The third-order valence-corrected chi connectivity index (χ3v) is 6.47. The van der Waals surface area contributed by atoms with E-state index in [1.165, 1.54) is 28.9 Å². The predicted octanol–water partition coefficient (Wildman–Crippen LogP) is 3.57. The first-order valence-electron chi connectivity index (χ1n) is 9.31. The molecule has 0 saturated heterocycles. The lowest BCUT2D eigenvalue weighted by Crippen LogP contribution is -2.23. The number of nitrogens with zero attached hydrogens (tertiary/aromatic N) is 2.